The molecule has 1 unspecified atom stereocenters. The number of carbonyl (C=O) groups is 4. The number of halogens is 1. The first-order valence-corrected chi connectivity index (χ1v) is 20.1. The van der Waals surface area contributed by atoms with Gasteiger partial charge in [0.25, 0.3) is 5.91 Å². The highest BCUT2D eigenvalue weighted by Crippen LogP contribution is 2.46. The number of methoxy groups -OCH3 is 1. The van der Waals surface area contributed by atoms with E-state index in [1.54, 1.807) is 26.8 Å². The van der Waals surface area contributed by atoms with E-state index in [0.717, 1.165) is 6.42 Å². The summed E-state index contributed by atoms with van der Waals surface area (Å²) in [6.07, 6.45) is 6.54. The molecule has 0 spiro atoms. The number of nitrogens with zero attached hydrogens (tertiary/aromatic N) is 2. The van der Waals surface area contributed by atoms with Crippen LogP contribution in [0.15, 0.2) is 36.5 Å². The van der Waals surface area contributed by atoms with Gasteiger partial charge in [-0.1, -0.05) is 26.0 Å². The van der Waals surface area contributed by atoms with E-state index in [0.29, 0.717) is 31.1 Å². The predicted molar refractivity (Wildman–Crippen MR) is 196 cm³/mol. The molecule has 6 rings (SSSR count). The van der Waals surface area contributed by atoms with E-state index in [1.807, 2.05) is 19.1 Å². The number of allylic oxidation sites excluding steroid dienone is 1. The highest BCUT2D eigenvalue weighted by molar-refractivity contribution is 7.91. The second-order valence-electron chi connectivity index (χ2n) is 16.2. The summed E-state index contributed by atoms with van der Waals surface area (Å²) in [5.74, 6) is -3.27. The van der Waals surface area contributed by atoms with E-state index in [9.17, 15) is 27.6 Å². The van der Waals surface area contributed by atoms with Crippen LogP contribution in [0.1, 0.15) is 79.6 Å². The van der Waals surface area contributed by atoms with Gasteiger partial charge in [0.15, 0.2) is 11.6 Å². The number of amides is 4. The summed E-state index contributed by atoms with van der Waals surface area (Å²) >= 11 is 0. The van der Waals surface area contributed by atoms with Gasteiger partial charge in [-0.25, -0.2) is 22.6 Å². The number of sulfonamides is 1. The van der Waals surface area contributed by atoms with Gasteiger partial charge in [-0.2, -0.15) is 0 Å². The van der Waals surface area contributed by atoms with E-state index in [4.69, 9.17) is 14.2 Å². The van der Waals surface area contributed by atoms with E-state index in [2.05, 4.69) is 27.3 Å². The van der Waals surface area contributed by atoms with Gasteiger partial charge >= 0.3 is 6.09 Å². The Balaban J connectivity index is 1.35. The Morgan fingerprint density at radius 3 is 2.50 bits per heavy atom. The standard InChI is InChI=1S/C38H50FN5O9S/c1-21-9-7-8-10-23-19-38(23,35(47)43-54(49,50)25-11-12-25)42-32(45)28-18-24(52-33-27-13-14-29(51-6)30(39)26(27)15-16-40-33)20-44(28)34(46)31(22(2)17-21)41-36(48)53-37(3,4)5/h8,10,13-16,21-25,28,31H,7,9,11-12,17-20H2,1-6H3,(H,41,48)(H,42,45)(H,43,47)/b10-8-/t21-,22+,23+,24+,28-,31?,38+/m0/s1. The number of nitrogens with one attached hydrogen (secondary N) is 3. The summed E-state index contributed by atoms with van der Waals surface area (Å²) in [4.78, 5) is 61.7. The number of aromatic nitrogens is 1. The third kappa shape index (κ3) is 8.42. The van der Waals surface area contributed by atoms with Crippen molar-refractivity contribution in [2.75, 3.05) is 13.7 Å². The molecular formula is C38H50FN5O9S. The van der Waals surface area contributed by atoms with Gasteiger partial charge in [0.05, 0.1) is 18.9 Å². The molecular weight excluding hydrogens is 722 g/mol. The number of hydrogen-bond acceptors (Lipinski definition) is 10. The summed E-state index contributed by atoms with van der Waals surface area (Å²) in [7, 11) is -2.57. The van der Waals surface area contributed by atoms with Crippen molar-refractivity contribution >= 4 is 44.6 Å². The fourth-order valence-electron chi connectivity index (χ4n) is 7.51. The molecule has 1 aromatic heterocycles. The van der Waals surface area contributed by atoms with Gasteiger partial charge in [-0.3, -0.25) is 19.1 Å². The Kier molecular flexibility index (Phi) is 10.9. The molecule has 3 N–H and O–H groups in total. The summed E-state index contributed by atoms with van der Waals surface area (Å²) < 4.78 is 60.1. The average Bonchev–Trinajstić information content (AvgIpc) is 4.02. The smallest absolute Gasteiger partial charge is 0.408 e. The number of alkyl carbamates (subject to hydrolysis) is 1. The molecule has 0 radical (unpaired) electrons. The lowest BCUT2D eigenvalue weighted by atomic mass is 9.88. The highest BCUT2D eigenvalue weighted by Gasteiger charge is 2.62. The van der Waals surface area contributed by atoms with Crippen molar-refractivity contribution in [1.29, 1.82) is 0 Å². The normalized spacial score (nSPS) is 29.8. The van der Waals surface area contributed by atoms with Crippen LogP contribution in [0.5, 0.6) is 11.6 Å². The van der Waals surface area contributed by atoms with Crippen LogP contribution < -0.4 is 24.8 Å². The lowest BCUT2D eigenvalue weighted by Gasteiger charge is -2.33. The lowest BCUT2D eigenvalue weighted by Crippen LogP contribution is -2.59. The number of ether oxygens (including phenoxy) is 3. The van der Waals surface area contributed by atoms with Crippen LogP contribution in [-0.2, 0) is 29.1 Å². The number of pyridine rings is 1. The quantitative estimate of drug-likeness (QED) is 0.347. The number of fused-ring (bicyclic) bond motifs is 3. The van der Waals surface area contributed by atoms with Crippen LogP contribution in [0.3, 0.4) is 0 Å². The zero-order valence-electron chi connectivity index (χ0n) is 31.5. The van der Waals surface area contributed by atoms with E-state index < -0.39 is 80.2 Å². The second kappa shape index (κ2) is 15.0. The number of hydrogen-bond donors (Lipinski definition) is 3. The lowest BCUT2D eigenvalue weighted by molar-refractivity contribution is -0.142. The maximum absolute atomic E-state index is 15.2. The minimum absolute atomic E-state index is 0.0387. The van der Waals surface area contributed by atoms with Crippen molar-refractivity contribution in [2.45, 2.75) is 114 Å². The van der Waals surface area contributed by atoms with Crippen molar-refractivity contribution in [3.63, 3.8) is 0 Å². The molecule has 2 saturated carbocycles. The summed E-state index contributed by atoms with van der Waals surface area (Å²) in [5, 5.41) is 5.51. The largest absolute Gasteiger partial charge is 0.494 e. The third-order valence-electron chi connectivity index (χ3n) is 10.6. The fraction of sp³-hybridized carbons (Fsp3) is 0.605. The molecule has 16 heteroatoms. The van der Waals surface area contributed by atoms with Crippen molar-refractivity contribution in [2.24, 2.45) is 17.8 Å². The van der Waals surface area contributed by atoms with Crippen LogP contribution >= 0.6 is 0 Å². The highest BCUT2D eigenvalue weighted by atomic mass is 32.2. The zero-order valence-corrected chi connectivity index (χ0v) is 32.3. The molecule has 294 valence electrons. The number of benzene rings is 1. The average molecular weight is 772 g/mol. The zero-order chi connectivity index (χ0) is 39.2. The van der Waals surface area contributed by atoms with Gasteiger partial charge in [0, 0.05) is 29.3 Å². The Morgan fingerprint density at radius 2 is 1.81 bits per heavy atom. The molecule has 2 aliphatic carbocycles. The van der Waals surface area contributed by atoms with Crippen LogP contribution in [0, 0.1) is 23.6 Å². The van der Waals surface area contributed by atoms with Crippen molar-refractivity contribution < 1.29 is 46.2 Å². The third-order valence-corrected chi connectivity index (χ3v) is 12.4. The molecule has 7 atom stereocenters. The summed E-state index contributed by atoms with van der Waals surface area (Å²) in [5.41, 5.74) is -2.40. The Morgan fingerprint density at radius 1 is 1.07 bits per heavy atom. The molecule has 2 aliphatic heterocycles. The molecule has 1 saturated heterocycles. The van der Waals surface area contributed by atoms with Crippen LogP contribution in [-0.4, -0.2) is 90.3 Å². The molecule has 4 amide bonds. The van der Waals surface area contributed by atoms with Gasteiger partial charge in [-0.15, -0.1) is 0 Å². The minimum Gasteiger partial charge on any atom is -0.494 e. The van der Waals surface area contributed by atoms with Gasteiger partial charge in [-0.05, 0) is 89.3 Å². The topological polar surface area (TPSA) is 182 Å². The monoisotopic (exact) mass is 771 g/mol. The molecule has 3 heterocycles. The summed E-state index contributed by atoms with van der Waals surface area (Å²) in [6, 6.07) is 2.25. The van der Waals surface area contributed by atoms with E-state index in [1.165, 1.54) is 30.3 Å². The molecule has 0 bridgehead atoms. The Labute approximate surface area is 315 Å². The van der Waals surface area contributed by atoms with Crippen LogP contribution in [0.4, 0.5) is 9.18 Å². The van der Waals surface area contributed by atoms with E-state index >= 15 is 4.39 Å². The Hall–Kier alpha value is -4.47. The first-order chi connectivity index (χ1) is 25.4. The maximum Gasteiger partial charge on any atom is 0.408 e. The number of carbonyl (C=O) groups excluding carboxylic acids is 4. The summed E-state index contributed by atoms with van der Waals surface area (Å²) in [6.45, 7) is 8.94. The molecule has 2 aromatic rings. The molecule has 14 nitrogen and oxygen atoms in total. The first kappa shape index (κ1) is 39.2. The molecule has 1 aromatic carbocycles. The van der Waals surface area contributed by atoms with Gasteiger partial charge in [0.1, 0.15) is 29.3 Å². The fourth-order valence-corrected chi connectivity index (χ4v) is 8.88. The number of rotatable bonds is 7. The molecule has 3 fully saturated rings. The minimum atomic E-state index is -3.92. The maximum atomic E-state index is 15.2. The van der Waals surface area contributed by atoms with Crippen molar-refractivity contribution in [3.05, 3.63) is 42.4 Å². The molecule has 4 aliphatic rings. The van der Waals surface area contributed by atoms with Crippen LogP contribution in [0.25, 0.3) is 10.8 Å². The van der Waals surface area contributed by atoms with Crippen molar-refractivity contribution in [1.82, 2.24) is 25.2 Å². The van der Waals surface area contributed by atoms with Gasteiger partial charge < -0.3 is 29.7 Å². The van der Waals surface area contributed by atoms with Crippen molar-refractivity contribution in [3.8, 4) is 11.6 Å². The van der Waals surface area contributed by atoms with E-state index in [-0.39, 0.29) is 48.2 Å². The Bertz CT molecular complexity index is 1950. The first-order valence-electron chi connectivity index (χ1n) is 18.5. The second-order valence-corrected chi connectivity index (χ2v) is 18.1. The predicted octanol–water partition coefficient (Wildman–Crippen LogP) is 4.12. The van der Waals surface area contributed by atoms with Crippen LogP contribution in [0.2, 0.25) is 0 Å². The SMILES string of the molecule is COc1ccc2c(O[C@@H]3C[C@H]4C(=O)N[C@]5(C(=O)NS(=O)(=O)C6CC6)C[C@H]5/C=C\CC[C@H](C)C[C@@H](C)C(NC(=O)OC(C)(C)C)C(=O)N4C3)nccc2c1F. The van der Waals surface area contributed by atoms with Gasteiger partial charge in [0.2, 0.25) is 27.7 Å². The molecule has 54 heavy (non-hydrogen) atoms.